The number of likely N-dealkylation sites (tertiary alicyclic amines) is 1. The third kappa shape index (κ3) is 2.49. The summed E-state index contributed by atoms with van der Waals surface area (Å²) in [5.74, 6) is 3.01. The van der Waals surface area contributed by atoms with Crippen molar-refractivity contribution in [3.8, 4) is 11.5 Å². The topological polar surface area (TPSA) is 21.7 Å². The van der Waals surface area contributed by atoms with Gasteiger partial charge in [0.2, 0.25) is 0 Å². The quantitative estimate of drug-likeness (QED) is 0.859. The lowest BCUT2D eigenvalue weighted by Gasteiger charge is -2.29. The van der Waals surface area contributed by atoms with Gasteiger partial charge in [-0.1, -0.05) is 36.4 Å². The Labute approximate surface area is 137 Å². The molecule has 3 heteroatoms. The van der Waals surface area contributed by atoms with Gasteiger partial charge in [-0.15, -0.1) is 0 Å². The molecular formula is C20H23NO2. The lowest BCUT2D eigenvalue weighted by molar-refractivity contribution is 0.201. The molecule has 1 saturated heterocycles. The van der Waals surface area contributed by atoms with Crippen LogP contribution in [0.1, 0.15) is 30.0 Å². The van der Waals surface area contributed by atoms with Gasteiger partial charge >= 0.3 is 0 Å². The van der Waals surface area contributed by atoms with E-state index >= 15 is 0 Å². The summed E-state index contributed by atoms with van der Waals surface area (Å²) in [6.07, 6.45) is 0. The Morgan fingerprint density at radius 3 is 2.70 bits per heavy atom. The first-order chi connectivity index (χ1) is 11.3. The van der Waals surface area contributed by atoms with Gasteiger partial charge in [-0.25, -0.2) is 0 Å². The van der Waals surface area contributed by atoms with Gasteiger partial charge in [0.25, 0.3) is 0 Å². The number of hydrogen-bond acceptors (Lipinski definition) is 3. The standard InChI is InChI=1S/C20H23NO2/c1-14(15-7-4-3-5-8-15)21-11-16-13-23-19-10-6-9-18(22-2)20(19)17(16)12-21/h3-10,14,16-17H,11-13H2,1-2H3/t14-,16+,17-/m1/s1. The number of methoxy groups -OCH3 is 1. The summed E-state index contributed by atoms with van der Waals surface area (Å²) in [6.45, 7) is 5.26. The molecule has 3 nitrogen and oxygen atoms in total. The second-order valence-electron chi connectivity index (χ2n) is 6.59. The summed E-state index contributed by atoms with van der Waals surface area (Å²) in [7, 11) is 1.75. The fraction of sp³-hybridized carbons (Fsp3) is 0.400. The van der Waals surface area contributed by atoms with E-state index in [4.69, 9.17) is 9.47 Å². The summed E-state index contributed by atoms with van der Waals surface area (Å²) in [5, 5.41) is 0. The first-order valence-corrected chi connectivity index (χ1v) is 8.36. The van der Waals surface area contributed by atoms with Gasteiger partial charge in [-0.05, 0) is 24.6 Å². The van der Waals surface area contributed by atoms with Crippen molar-refractivity contribution in [2.45, 2.75) is 18.9 Å². The Hall–Kier alpha value is -2.00. The highest BCUT2D eigenvalue weighted by Crippen LogP contribution is 2.47. The molecule has 2 aromatic carbocycles. The van der Waals surface area contributed by atoms with Gasteiger partial charge in [-0.3, -0.25) is 4.90 Å². The molecule has 2 aliphatic heterocycles. The number of fused-ring (bicyclic) bond motifs is 3. The molecule has 0 bridgehead atoms. The minimum Gasteiger partial charge on any atom is -0.496 e. The smallest absolute Gasteiger partial charge is 0.126 e. The van der Waals surface area contributed by atoms with E-state index in [2.05, 4.69) is 48.2 Å². The lowest BCUT2D eigenvalue weighted by Crippen LogP contribution is -2.26. The zero-order valence-corrected chi connectivity index (χ0v) is 13.7. The van der Waals surface area contributed by atoms with Crippen molar-refractivity contribution in [2.75, 3.05) is 26.8 Å². The second kappa shape index (κ2) is 5.89. The molecule has 0 unspecified atom stereocenters. The monoisotopic (exact) mass is 309 g/mol. The summed E-state index contributed by atoms with van der Waals surface area (Å²) in [5.41, 5.74) is 2.64. The van der Waals surface area contributed by atoms with Gasteiger partial charge in [0, 0.05) is 36.5 Å². The van der Waals surface area contributed by atoms with Gasteiger partial charge in [0.15, 0.2) is 0 Å². The van der Waals surface area contributed by atoms with E-state index in [1.807, 2.05) is 12.1 Å². The minimum absolute atomic E-state index is 0.431. The van der Waals surface area contributed by atoms with Gasteiger partial charge in [-0.2, -0.15) is 0 Å². The van der Waals surface area contributed by atoms with Gasteiger partial charge < -0.3 is 9.47 Å². The molecule has 23 heavy (non-hydrogen) atoms. The average molecular weight is 309 g/mol. The van der Waals surface area contributed by atoms with E-state index in [1.165, 1.54) is 11.1 Å². The first-order valence-electron chi connectivity index (χ1n) is 8.36. The molecule has 0 aliphatic carbocycles. The van der Waals surface area contributed by atoms with Crippen molar-refractivity contribution in [2.24, 2.45) is 5.92 Å². The summed E-state index contributed by atoms with van der Waals surface area (Å²) in [6, 6.07) is 17.3. The van der Waals surface area contributed by atoms with E-state index in [1.54, 1.807) is 7.11 Å². The Balaban J connectivity index is 1.62. The fourth-order valence-corrected chi connectivity index (χ4v) is 4.05. The van der Waals surface area contributed by atoms with Crippen LogP contribution in [0.4, 0.5) is 0 Å². The highest BCUT2D eigenvalue weighted by atomic mass is 16.5. The zero-order valence-electron chi connectivity index (χ0n) is 13.7. The Morgan fingerprint density at radius 1 is 1.09 bits per heavy atom. The molecule has 3 atom stereocenters. The molecule has 2 heterocycles. The van der Waals surface area contributed by atoms with Crippen LogP contribution in [-0.4, -0.2) is 31.7 Å². The number of benzene rings is 2. The summed E-state index contributed by atoms with van der Waals surface area (Å²) in [4.78, 5) is 2.58. The molecule has 0 aromatic heterocycles. The summed E-state index contributed by atoms with van der Waals surface area (Å²) < 4.78 is 11.6. The molecule has 4 rings (SSSR count). The molecule has 0 saturated carbocycles. The van der Waals surface area contributed by atoms with Crippen LogP contribution in [0.15, 0.2) is 48.5 Å². The van der Waals surface area contributed by atoms with Crippen LogP contribution in [0, 0.1) is 5.92 Å². The minimum atomic E-state index is 0.431. The average Bonchev–Trinajstić information content (AvgIpc) is 3.05. The first kappa shape index (κ1) is 14.6. The normalized spacial score (nSPS) is 24.4. The van der Waals surface area contributed by atoms with Crippen LogP contribution in [0.25, 0.3) is 0 Å². The van der Waals surface area contributed by atoms with E-state index in [0.29, 0.717) is 17.9 Å². The van der Waals surface area contributed by atoms with Crippen molar-refractivity contribution < 1.29 is 9.47 Å². The maximum absolute atomic E-state index is 6.01. The second-order valence-corrected chi connectivity index (χ2v) is 6.59. The molecule has 0 amide bonds. The van der Waals surface area contributed by atoms with E-state index in [-0.39, 0.29) is 0 Å². The SMILES string of the molecule is COc1cccc2c1[C@@H]1CN([C@H](C)c3ccccc3)C[C@H]1CO2. The molecule has 0 N–H and O–H groups in total. The van der Waals surface area contributed by atoms with Crippen LogP contribution in [0.3, 0.4) is 0 Å². The molecule has 120 valence electrons. The largest absolute Gasteiger partial charge is 0.496 e. The van der Waals surface area contributed by atoms with E-state index in [0.717, 1.165) is 31.2 Å². The fourth-order valence-electron chi connectivity index (χ4n) is 4.05. The van der Waals surface area contributed by atoms with Crippen LogP contribution in [0.2, 0.25) is 0 Å². The molecular weight excluding hydrogens is 286 g/mol. The van der Waals surface area contributed by atoms with E-state index in [9.17, 15) is 0 Å². The van der Waals surface area contributed by atoms with Crippen LogP contribution >= 0.6 is 0 Å². The number of rotatable bonds is 3. The molecule has 2 aromatic rings. The van der Waals surface area contributed by atoms with Crippen LogP contribution in [-0.2, 0) is 0 Å². The Morgan fingerprint density at radius 2 is 1.91 bits per heavy atom. The third-order valence-corrected chi connectivity index (χ3v) is 5.37. The van der Waals surface area contributed by atoms with Crippen molar-refractivity contribution >= 4 is 0 Å². The predicted octanol–water partition coefficient (Wildman–Crippen LogP) is 3.86. The highest BCUT2D eigenvalue weighted by molar-refractivity contribution is 5.49. The molecule has 0 spiro atoms. The zero-order chi connectivity index (χ0) is 15.8. The number of hydrogen-bond donors (Lipinski definition) is 0. The van der Waals surface area contributed by atoms with Crippen LogP contribution in [0.5, 0.6) is 11.5 Å². The van der Waals surface area contributed by atoms with Crippen molar-refractivity contribution in [1.82, 2.24) is 4.90 Å². The van der Waals surface area contributed by atoms with Gasteiger partial charge in [0.05, 0.1) is 13.7 Å². The van der Waals surface area contributed by atoms with E-state index < -0.39 is 0 Å². The Bertz CT molecular complexity index is 671. The van der Waals surface area contributed by atoms with Crippen molar-refractivity contribution in [1.29, 1.82) is 0 Å². The van der Waals surface area contributed by atoms with Crippen molar-refractivity contribution in [3.63, 3.8) is 0 Å². The van der Waals surface area contributed by atoms with Crippen molar-refractivity contribution in [3.05, 3.63) is 59.7 Å². The van der Waals surface area contributed by atoms with Gasteiger partial charge in [0.1, 0.15) is 11.5 Å². The predicted molar refractivity (Wildman–Crippen MR) is 91.2 cm³/mol. The maximum Gasteiger partial charge on any atom is 0.126 e. The molecule has 2 aliphatic rings. The number of nitrogens with zero attached hydrogens (tertiary/aromatic N) is 1. The summed E-state index contributed by atoms with van der Waals surface area (Å²) >= 11 is 0. The maximum atomic E-state index is 6.01. The third-order valence-electron chi connectivity index (χ3n) is 5.37. The van der Waals surface area contributed by atoms with Crippen LogP contribution < -0.4 is 9.47 Å². The molecule has 1 fully saturated rings. The number of ether oxygens (including phenoxy) is 2. The molecule has 0 radical (unpaired) electrons. The highest BCUT2D eigenvalue weighted by Gasteiger charge is 2.41. The Kier molecular flexibility index (Phi) is 3.74. The lowest BCUT2D eigenvalue weighted by atomic mass is 9.86.